The van der Waals surface area contributed by atoms with E-state index in [2.05, 4.69) is 12.1 Å². The van der Waals surface area contributed by atoms with Gasteiger partial charge < -0.3 is 0 Å². The number of nitrogens with zero attached hydrogens (tertiary/aromatic N) is 2. The maximum absolute atomic E-state index is 13.9. The molecule has 1 atom stereocenters. The summed E-state index contributed by atoms with van der Waals surface area (Å²) in [4.78, 5) is 22.6. The standard InChI is InChI=1S/C25H29BClN2O4S3/c1-4-6-18-14-20(8-9-22(18)33-16-24(30)28-31)34-13-12-29(11-5-2)36(26,32)25-17(3)21-15-19(27)7-10-23(21)35-25/h7-10,14-15H,4-6,11-13,16H2,1-3H3. The molecule has 3 rings (SSSR count). The van der Waals surface area contributed by atoms with Crippen LogP contribution in [0.15, 0.2) is 50.7 Å². The van der Waals surface area contributed by atoms with E-state index in [-0.39, 0.29) is 6.61 Å². The topological polar surface area (TPSA) is 76.0 Å². The Morgan fingerprint density at radius 1 is 1.19 bits per heavy atom. The third-order valence-corrected chi connectivity index (χ3v) is 10.8. The van der Waals surface area contributed by atoms with Crippen molar-refractivity contribution in [1.29, 1.82) is 0 Å². The molecular formula is C25H29BClN2O4S3. The Morgan fingerprint density at radius 3 is 2.67 bits per heavy atom. The van der Waals surface area contributed by atoms with E-state index in [0.717, 1.165) is 45.4 Å². The van der Waals surface area contributed by atoms with Gasteiger partial charge in [0, 0.05) is 5.18 Å². The zero-order valence-electron chi connectivity index (χ0n) is 20.6. The second-order valence-electron chi connectivity index (χ2n) is 8.29. The number of carbonyl (C=O) groups is 1. The van der Waals surface area contributed by atoms with Crippen LogP contribution in [-0.2, 0) is 20.8 Å². The van der Waals surface area contributed by atoms with Gasteiger partial charge in [0.15, 0.2) is 0 Å². The average molecular weight is 564 g/mol. The van der Waals surface area contributed by atoms with Gasteiger partial charge in [-0.25, -0.2) is 0 Å². The van der Waals surface area contributed by atoms with Gasteiger partial charge in [0.05, 0.1) is 0 Å². The Balaban J connectivity index is 1.74. The van der Waals surface area contributed by atoms with E-state index in [1.54, 1.807) is 11.8 Å². The molecule has 0 aliphatic carbocycles. The number of fused-ring (bicyclic) bond motifs is 1. The first-order valence-corrected chi connectivity index (χ1v) is 15.5. The number of carbonyl (C=O) groups excluding carboxylic acids is 1. The van der Waals surface area contributed by atoms with Crippen LogP contribution >= 0.6 is 34.7 Å². The summed E-state index contributed by atoms with van der Waals surface area (Å²) in [5.74, 6) is 0.439. The van der Waals surface area contributed by atoms with Crippen LogP contribution in [0.1, 0.15) is 37.8 Å². The fraction of sp³-hybridized carbons (Fsp3) is 0.400. The Labute approximate surface area is 227 Å². The predicted molar refractivity (Wildman–Crippen MR) is 153 cm³/mol. The number of benzene rings is 2. The van der Waals surface area contributed by atoms with Gasteiger partial charge in [-0.3, -0.25) is 4.79 Å². The fourth-order valence-electron chi connectivity index (χ4n) is 3.88. The van der Waals surface area contributed by atoms with Gasteiger partial charge in [0.2, 0.25) is 0 Å². The summed E-state index contributed by atoms with van der Waals surface area (Å²) in [6.07, 6.45) is 2.51. The molecule has 0 N–H and O–H groups in total. The van der Waals surface area contributed by atoms with E-state index < -0.39 is 15.5 Å². The normalized spacial score (nSPS) is 13.1. The van der Waals surface area contributed by atoms with Crippen LogP contribution in [0.25, 0.3) is 10.1 Å². The van der Waals surface area contributed by atoms with Crippen molar-refractivity contribution in [2.75, 3.05) is 25.4 Å². The van der Waals surface area contributed by atoms with Crippen molar-refractivity contribution in [2.24, 2.45) is 5.18 Å². The molecule has 1 radical (unpaired) electrons. The molecule has 1 amide bonds. The predicted octanol–water partition coefficient (Wildman–Crippen LogP) is 6.63. The van der Waals surface area contributed by atoms with Gasteiger partial charge in [0.1, 0.15) is 0 Å². The van der Waals surface area contributed by atoms with E-state index in [4.69, 9.17) is 23.1 Å². The number of thioether (sulfide) groups is 1. The van der Waals surface area contributed by atoms with E-state index in [9.17, 15) is 13.9 Å². The summed E-state index contributed by atoms with van der Waals surface area (Å²) in [5.41, 5.74) is 1.88. The third-order valence-electron chi connectivity index (χ3n) is 5.59. The average Bonchev–Trinajstić information content (AvgIpc) is 3.19. The van der Waals surface area contributed by atoms with Gasteiger partial charge in [0.25, 0.3) is 0 Å². The molecule has 191 valence electrons. The van der Waals surface area contributed by atoms with E-state index in [1.165, 1.54) is 11.3 Å². The van der Waals surface area contributed by atoms with Crippen LogP contribution in [0, 0.1) is 11.8 Å². The second kappa shape index (κ2) is 13.2. The first-order valence-electron chi connectivity index (χ1n) is 11.7. The second-order valence-corrected chi connectivity index (χ2v) is 13.3. The number of aryl methyl sites for hydroxylation is 2. The van der Waals surface area contributed by atoms with E-state index in [0.29, 0.717) is 33.8 Å². The third kappa shape index (κ3) is 6.98. The van der Waals surface area contributed by atoms with Crippen molar-refractivity contribution in [1.82, 2.24) is 4.31 Å². The number of rotatable bonds is 13. The maximum atomic E-state index is 13.9. The molecule has 11 heteroatoms. The molecule has 1 heterocycles. The Kier molecular flexibility index (Phi) is 10.6. The molecule has 0 aliphatic heterocycles. The molecule has 36 heavy (non-hydrogen) atoms. The molecule has 0 saturated carbocycles. The fourth-order valence-corrected chi connectivity index (χ4v) is 8.69. The molecule has 0 saturated heterocycles. The Morgan fingerprint density at radius 2 is 1.97 bits per heavy atom. The molecule has 1 aromatic heterocycles. The van der Waals surface area contributed by atoms with Crippen LogP contribution in [0.5, 0.6) is 5.75 Å². The summed E-state index contributed by atoms with van der Waals surface area (Å²) in [6, 6.07) is 11.4. The first kappa shape index (κ1) is 28.9. The van der Waals surface area contributed by atoms with Crippen molar-refractivity contribution in [3.8, 4) is 5.75 Å². The number of amides is 1. The number of nitroso groups, excluding NO2 is 1. The monoisotopic (exact) mass is 563 g/mol. The summed E-state index contributed by atoms with van der Waals surface area (Å²) in [7, 11) is -2.91. The van der Waals surface area contributed by atoms with Crippen LogP contribution in [0.2, 0.25) is 5.02 Å². The number of halogens is 1. The molecule has 0 bridgehead atoms. The molecule has 0 fully saturated rings. The van der Waals surface area contributed by atoms with Gasteiger partial charge in [-0.05, 0) is 0 Å². The Hall–Kier alpha value is -1.72. The van der Waals surface area contributed by atoms with Gasteiger partial charge in [-0.15, -0.1) is 4.91 Å². The van der Waals surface area contributed by atoms with Gasteiger partial charge >= 0.3 is 213 Å². The van der Waals surface area contributed by atoms with Gasteiger partial charge in [-0.2, -0.15) is 0 Å². The van der Waals surface area contributed by atoms with E-state index in [1.807, 2.05) is 54.6 Å². The molecule has 2 aromatic carbocycles. The molecule has 1 unspecified atom stereocenters. The molecular weight excluding hydrogens is 535 g/mol. The summed E-state index contributed by atoms with van der Waals surface area (Å²) in [6.45, 7) is 13.4. The van der Waals surface area contributed by atoms with Crippen LogP contribution in [-0.4, -0.2) is 46.6 Å². The molecule has 3 aromatic rings. The molecule has 0 spiro atoms. The van der Waals surface area contributed by atoms with Crippen molar-refractivity contribution in [2.45, 2.75) is 49.1 Å². The first-order chi connectivity index (χ1) is 17.2. The molecule has 6 nitrogen and oxygen atoms in total. The van der Waals surface area contributed by atoms with Crippen molar-refractivity contribution in [3.05, 3.63) is 57.5 Å². The number of hydrogen-bond acceptors (Lipinski definition) is 6. The van der Waals surface area contributed by atoms with Crippen molar-refractivity contribution in [3.63, 3.8) is 0 Å². The zero-order valence-corrected chi connectivity index (χ0v) is 23.8. The van der Waals surface area contributed by atoms with Gasteiger partial charge in [-0.1, -0.05) is 0 Å². The van der Waals surface area contributed by atoms with Crippen molar-refractivity contribution >= 4 is 67.0 Å². The van der Waals surface area contributed by atoms with Crippen LogP contribution in [0.4, 0.5) is 0 Å². The zero-order chi connectivity index (χ0) is 26.3. The van der Waals surface area contributed by atoms with Crippen LogP contribution in [0.3, 0.4) is 0 Å². The van der Waals surface area contributed by atoms with E-state index >= 15 is 0 Å². The number of thiophene rings is 1. The quantitative estimate of drug-likeness (QED) is 0.132. The number of ether oxygens (including phenoxy) is 1. The summed E-state index contributed by atoms with van der Waals surface area (Å²) >= 11 is 9.30. The molecule has 0 aliphatic rings. The minimum absolute atomic E-state index is 0.368. The Bertz CT molecular complexity index is 1340. The number of hydrogen-bond donors (Lipinski definition) is 0. The summed E-state index contributed by atoms with van der Waals surface area (Å²) in [5, 5.41) is 4.00. The summed E-state index contributed by atoms with van der Waals surface area (Å²) < 4.78 is 23.0. The SMILES string of the molecule is [B]=S(=O)(c1sc2ccc(Cl)cc2c1C)N(CCC)CCSc1ccc(OCC(=O)N=O)c(CCC)c1. The minimum atomic E-state index is -2.91. The van der Waals surface area contributed by atoms with Crippen LogP contribution < -0.4 is 4.74 Å². The van der Waals surface area contributed by atoms with Crippen molar-refractivity contribution < 1.29 is 13.7 Å².